The van der Waals surface area contributed by atoms with Gasteiger partial charge in [0, 0.05) is 18.3 Å². The minimum Gasteiger partial charge on any atom is -0.325 e. The van der Waals surface area contributed by atoms with Crippen molar-refractivity contribution in [2.24, 2.45) is 5.73 Å². The molecule has 0 aliphatic rings. The van der Waals surface area contributed by atoms with Crippen LogP contribution in [-0.2, 0) is 13.2 Å². The topological polar surface area (TPSA) is 38.9 Å². The maximum absolute atomic E-state index is 12.0. The lowest BCUT2D eigenvalue weighted by atomic mass is 10.2. The molecule has 0 aliphatic heterocycles. The second-order valence-electron chi connectivity index (χ2n) is 2.11. The quantitative estimate of drug-likeness (QED) is 0.741. The fraction of sp³-hybridized carbons (Fsp3) is 0.286. The van der Waals surface area contributed by atoms with Crippen molar-refractivity contribution in [3.8, 4) is 0 Å². The summed E-state index contributed by atoms with van der Waals surface area (Å²) in [7, 11) is 0. The van der Waals surface area contributed by atoms with Crippen molar-refractivity contribution in [1.29, 1.82) is 0 Å². The normalized spacial score (nSPS) is 10.1. The maximum atomic E-state index is 12.0. The molecular weight excluding hydrogens is 167 g/mol. The molecule has 2 nitrogen and oxygen atoms in total. The van der Waals surface area contributed by atoms with Crippen LogP contribution in [0.4, 0.5) is 4.39 Å². The number of nitrogens with zero attached hydrogens (tertiary/aromatic N) is 1. The Hall–Kier alpha value is -0.670. The van der Waals surface area contributed by atoms with E-state index in [-0.39, 0.29) is 6.54 Å². The molecule has 60 valence electrons. The van der Waals surface area contributed by atoms with Crippen molar-refractivity contribution in [2.75, 3.05) is 0 Å². The van der Waals surface area contributed by atoms with E-state index in [1.807, 2.05) is 0 Å². The van der Waals surface area contributed by atoms with Crippen LogP contribution in [0.2, 0.25) is 5.02 Å². The van der Waals surface area contributed by atoms with E-state index in [9.17, 15) is 4.39 Å². The first-order valence-corrected chi connectivity index (χ1v) is 3.55. The number of pyridine rings is 1. The molecular formula is C7H8ClFN2. The zero-order chi connectivity index (χ0) is 8.27. The van der Waals surface area contributed by atoms with Crippen LogP contribution in [0.5, 0.6) is 0 Å². The lowest BCUT2D eigenvalue weighted by Gasteiger charge is -2.00. The summed E-state index contributed by atoms with van der Waals surface area (Å²) in [6.07, 6.45) is 1.44. The van der Waals surface area contributed by atoms with E-state index in [2.05, 4.69) is 4.98 Å². The van der Waals surface area contributed by atoms with E-state index >= 15 is 0 Å². The minimum atomic E-state index is -0.544. The predicted molar refractivity (Wildman–Crippen MR) is 42.0 cm³/mol. The predicted octanol–water partition coefficient (Wildman–Crippen LogP) is 1.66. The number of hydrogen-bond acceptors (Lipinski definition) is 2. The number of aromatic nitrogens is 1. The third kappa shape index (κ3) is 1.88. The Bertz CT molecular complexity index is 252. The summed E-state index contributed by atoms with van der Waals surface area (Å²) >= 11 is 5.70. The summed E-state index contributed by atoms with van der Waals surface area (Å²) in [4.78, 5) is 3.87. The molecule has 0 saturated heterocycles. The third-order valence-corrected chi connectivity index (χ3v) is 1.65. The first-order chi connectivity index (χ1) is 5.27. The van der Waals surface area contributed by atoms with Crippen LogP contribution < -0.4 is 5.73 Å². The van der Waals surface area contributed by atoms with Crippen LogP contribution in [0.15, 0.2) is 12.3 Å². The van der Waals surface area contributed by atoms with Crippen LogP contribution >= 0.6 is 11.6 Å². The van der Waals surface area contributed by atoms with E-state index in [1.165, 1.54) is 12.3 Å². The largest absolute Gasteiger partial charge is 0.325 e. The molecule has 1 aromatic rings. The van der Waals surface area contributed by atoms with Gasteiger partial charge < -0.3 is 5.73 Å². The average Bonchev–Trinajstić information content (AvgIpc) is 2.04. The molecule has 0 radical (unpaired) electrons. The first-order valence-electron chi connectivity index (χ1n) is 3.17. The second kappa shape index (κ2) is 3.64. The molecule has 0 spiro atoms. The summed E-state index contributed by atoms with van der Waals surface area (Å²) in [5.41, 5.74) is 6.38. The fourth-order valence-electron chi connectivity index (χ4n) is 0.729. The molecule has 0 fully saturated rings. The molecule has 1 aromatic heterocycles. The first kappa shape index (κ1) is 8.43. The van der Waals surface area contributed by atoms with Crippen molar-refractivity contribution in [3.05, 3.63) is 28.5 Å². The lowest BCUT2D eigenvalue weighted by Crippen LogP contribution is -2.00. The van der Waals surface area contributed by atoms with Gasteiger partial charge in [0.25, 0.3) is 0 Å². The molecule has 0 saturated carbocycles. The Morgan fingerprint density at radius 3 is 2.82 bits per heavy atom. The van der Waals surface area contributed by atoms with Crippen molar-refractivity contribution >= 4 is 11.6 Å². The molecule has 0 atom stereocenters. The van der Waals surface area contributed by atoms with Gasteiger partial charge in [-0.15, -0.1) is 0 Å². The Labute approximate surface area is 69.2 Å². The van der Waals surface area contributed by atoms with Gasteiger partial charge in [0.15, 0.2) is 0 Å². The van der Waals surface area contributed by atoms with E-state index in [1.54, 1.807) is 0 Å². The van der Waals surface area contributed by atoms with Gasteiger partial charge in [-0.05, 0) is 6.07 Å². The van der Waals surface area contributed by atoms with Crippen LogP contribution in [0.1, 0.15) is 11.3 Å². The van der Waals surface area contributed by atoms with E-state index < -0.39 is 6.67 Å². The number of alkyl halides is 1. The highest BCUT2D eigenvalue weighted by molar-refractivity contribution is 6.31. The number of hydrogen-bond donors (Lipinski definition) is 1. The summed E-state index contributed by atoms with van der Waals surface area (Å²) in [5, 5.41) is 0.433. The van der Waals surface area contributed by atoms with Crippen LogP contribution in [0.3, 0.4) is 0 Å². The van der Waals surface area contributed by atoms with E-state index in [0.717, 1.165) is 0 Å². The smallest absolute Gasteiger partial charge is 0.116 e. The van der Waals surface area contributed by atoms with Gasteiger partial charge >= 0.3 is 0 Å². The highest BCUT2D eigenvalue weighted by Gasteiger charge is 2.00. The number of halogens is 2. The molecule has 0 aliphatic carbocycles. The average molecular weight is 175 g/mol. The van der Waals surface area contributed by atoms with Crippen molar-refractivity contribution in [1.82, 2.24) is 4.98 Å². The molecule has 1 rings (SSSR count). The third-order valence-electron chi connectivity index (χ3n) is 1.32. The maximum Gasteiger partial charge on any atom is 0.116 e. The Morgan fingerprint density at radius 2 is 2.36 bits per heavy atom. The summed E-state index contributed by atoms with van der Waals surface area (Å²) in [6, 6.07) is 1.54. The second-order valence-corrected chi connectivity index (χ2v) is 2.52. The molecule has 2 N–H and O–H groups in total. The molecule has 0 amide bonds. The Morgan fingerprint density at radius 1 is 1.64 bits per heavy atom. The molecule has 1 heterocycles. The molecule has 4 heteroatoms. The van der Waals surface area contributed by atoms with Crippen LogP contribution in [-0.4, -0.2) is 4.98 Å². The van der Waals surface area contributed by atoms with E-state index in [4.69, 9.17) is 17.3 Å². The van der Waals surface area contributed by atoms with Gasteiger partial charge in [0.1, 0.15) is 6.67 Å². The summed E-state index contributed by atoms with van der Waals surface area (Å²) in [6.45, 7) is -0.261. The molecule has 0 unspecified atom stereocenters. The Kier molecular flexibility index (Phi) is 2.79. The minimum absolute atomic E-state index is 0.283. The van der Waals surface area contributed by atoms with Crippen LogP contribution in [0.25, 0.3) is 0 Å². The molecule has 11 heavy (non-hydrogen) atoms. The van der Waals surface area contributed by atoms with Gasteiger partial charge in [0.05, 0.1) is 10.7 Å². The number of rotatable bonds is 2. The van der Waals surface area contributed by atoms with Crippen LogP contribution in [0, 0.1) is 0 Å². The lowest BCUT2D eigenvalue weighted by molar-refractivity contribution is 0.484. The van der Waals surface area contributed by atoms with Gasteiger partial charge in [-0.25, -0.2) is 4.39 Å². The van der Waals surface area contributed by atoms with Gasteiger partial charge in [-0.3, -0.25) is 4.98 Å². The molecule has 0 bridgehead atoms. The van der Waals surface area contributed by atoms with Gasteiger partial charge in [0.2, 0.25) is 0 Å². The monoisotopic (exact) mass is 174 g/mol. The Balaban J connectivity index is 2.99. The van der Waals surface area contributed by atoms with Gasteiger partial charge in [-0.2, -0.15) is 0 Å². The summed E-state index contributed by atoms with van der Waals surface area (Å²) in [5.74, 6) is 0. The fourth-order valence-corrected chi connectivity index (χ4v) is 0.995. The summed E-state index contributed by atoms with van der Waals surface area (Å²) < 4.78 is 12.0. The number of nitrogens with two attached hydrogens (primary N) is 1. The van der Waals surface area contributed by atoms with E-state index in [0.29, 0.717) is 16.3 Å². The van der Waals surface area contributed by atoms with Crippen molar-refractivity contribution < 1.29 is 4.39 Å². The molecule has 0 aromatic carbocycles. The highest BCUT2D eigenvalue weighted by atomic mass is 35.5. The SMILES string of the molecule is NCc1ncc(CF)cc1Cl. The zero-order valence-corrected chi connectivity index (χ0v) is 6.61. The van der Waals surface area contributed by atoms with Gasteiger partial charge in [-0.1, -0.05) is 11.6 Å². The zero-order valence-electron chi connectivity index (χ0n) is 5.85. The van der Waals surface area contributed by atoms with Crippen molar-refractivity contribution in [3.63, 3.8) is 0 Å². The standard InChI is InChI=1S/C7H8ClFN2/c8-6-1-5(2-9)4-11-7(6)3-10/h1,4H,2-3,10H2. The van der Waals surface area contributed by atoms with Crippen molar-refractivity contribution in [2.45, 2.75) is 13.2 Å². The highest BCUT2D eigenvalue weighted by Crippen LogP contribution is 2.14.